The van der Waals surface area contributed by atoms with Crippen molar-refractivity contribution in [1.29, 1.82) is 0 Å². The Morgan fingerprint density at radius 2 is 2.20 bits per heavy atom. The average Bonchev–Trinajstić information content (AvgIpc) is 2.62. The molecule has 2 rings (SSSR count). The monoisotopic (exact) mass is 275 g/mol. The van der Waals surface area contributed by atoms with Crippen LogP contribution in [0.3, 0.4) is 0 Å². The van der Waals surface area contributed by atoms with Crippen molar-refractivity contribution in [3.05, 3.63) is 29.8 Å². The van der Waals surface area contributed by atoms with Gasteiger partial charge in [-0.25, -0.2) is 0 Å². The smallest absolute Gasteiger partial charge is 0.254 e. The molecule has 1 unspecified atom stereocenters. The van der Waals surface area contributed by atoms with E-state index in [1.54, 1.807) is 24.3 Å². The molecule has 0 saturated carbocycles. The first kappa shape index (κ1) is 14.5. The Hall–Kier alpha value is -1.88. The van der Waals surface area contributed by atoms with Gasteiger partial charge in [-0.2, -0.15) is 0 Å². The Morgan fingerprint density at radius 1 is 1.40 bits per heavy atom. The van der Waals surface area contributed by atoms with Crippen LogP contribution in [-0.4, -0.2) is 42.4 Å². The van der Waals surface area contributed by atoms with Gasteiger partial charge in [0, 0.05) is 37.3 Å². The molecule has 1 heterocycles. The first-order valence-electron chi connectivity index (χ1n) is 6.97. The minimum atomic E-state index is -0.137. The molecule has 20 heavy (non-hydrogen) atoms. The van der Waals surface area contributed by atoms with E-state index in [4.69, 9.17) is 0 Å². The zero-order chi connectivity index (χ0) is 14.5. The number of nitrogens with zero attached hydrogens (tertiary/aromatic N) is 1. The van der Waals surface area contributed by atoms with Crippen LogP contribution in [0.15, 0.2) is 24.3 Å². The molecule has 5 heteroatoms. The number of benzene rings is 1. The summed E-state index contributed by atoms with van der Waals surface area (Å²) in [6.45, 7) is 6.03. The van der Waals surface area contributed by atoms with E-state index in [2.05, 4.69) is 10.6 Å². The molecule has 2 amide bonds. The number of rotatable bonds is 2. The Labute approximate surface area is 119 Å². The second kappa shape index (κ2) is 6.52. The summed E-state index contributed by atoms with van der Waals surface area (Å²) in [5, 5.41) is 6.02. The van der Waals surface area contributed by atoms with Crippen molar-refractivity contribution in [3.63, 3.8) is 0 Å². The highest BCUT2D eigenvalue weighted by Crippen LogP contribution is 2.15. The lowest BCUT2D eigenvalue weighted by atomic mass is 10.1. The molecule has 108 valence electrons. The number of hydrogen-bond donors (Lipinski definition) is 2. The third-order valence-electron chi connectivity index (χ3n) is 3.42. The topological polar surface area (TPSA) is 61.4 Å². The van der Waals surface area contributed by atoms with Crippen LogP contribution in [0.5, 0.6) is 0 Å². The van der Waals surface area contributed by atoms with Crippen molar-refractivity contribution < 1.29 is 9.59 Å². The molecular weight excluding hydrogens is 254 g/mol. The number of carbonyl (C=O) groups is 2. The summed E-state index contributed by atoms with van der Waals surface area (Å²) in [7, 11) is 0. The second-order valence-electron chi connectivity index (χ2n) is 5.17. The van der Waals surface area contributed by atoms with Crippen molar-refractivity contribution >= 4 is 17.5 Å². The summed E-state index contributed by atoms with van der Waals surface area (Å²) >= 11 is 0. The van der Waals surface area contributed by atoms with Crippen LogP contribution in [0.4, 0.5) is 5.69 Å². The highest BCUT2D eigenvalue weighted by molar-refractivity contribution is 5.97. The van der Waals surface area contributed by atoms with E-state index in [1.807, 2.05) is 11.8 Å². The third kappa shape index (κ3) is 3.57. The molecule has 0 radical (unpaired) electrons. The van der Waals surface area contributed by atoms with Crippen molar-refractivity contribution in [1.82, 2.24) is 10.2 Å². The summed E-state index contributed by atoms with van der Waals surface area (Å²) < 4.78 is 0. The largest absolute Gasteiger partial charge is 0.335 e. The van der Waals surface area contributed by atoms with Crippen molar-refractivity contribution in [2.75, 3.05) is 25.0 Å². The van der Waals surface area contributed by atoms with Crippen molar-refractivity contribution in [2.45, 2.75) is 26.3 Å². The Morgan fingerprint density at radius 3 is 2.95 bits per heavy atom. The molecule has 5 nitrogen and oxygen atoms in total. The van der Waals surface area contributed by atoms with Crippen LogP contribution >= 0.6 is 0 Å². The van der Waals surface area contributed by atoms with Gasteiger partial charge in [-0.1, -0.05) is 6.07 Å². The van der Waals surface area contributed by atoms with Gasteiger partial charge in [0.25, 0.3) is 5.91 Å². The molecule has 0 bridgehead atoms. The third-order valence-corrected chi connectivity index (χ3v) is 3.42. The molecule has 1 aromatic carbocycles. The predicted molar refractivity (Wildman–Crippen MR) is 78.7 cm³/mol. The quantitative estimate of drug-likeness (QED) is 0.859. The lowest BCUT2D eigenvalue weighted by molar-refractivity contribution is -0.114. The first-order chi connectivity index (χ1) is 9.58. The van der Waals surface area contributed by atoms with Gasteiger partial charge in [-0.05, 0) is 38.1 Å². The molecule has 1 aliphatic heterocycles. The number of nitrogens with one attached hydrogen (secondary N) is 2. The van der Waals surface area contributed by atoms with E-state index in [9.17, 15) is 9.59 Å². The number of anilines is 1. The SMILES string of the molecule is CC(=O)Nc1cccc(C(=O)N2CCCNCC2C)c1. The Kier molecular flexibility index (Phi) is 4.74. The summed E-state index contributed by atoms with van der Waals surface area (Å²) in [6.07, 6.45) is 0.960. The number of amides is 2. The fraction of sp³-hybridized carbons (Fsp3) is 0.467. The maximum absolute atomic E-state index is 12.6. The van der Waals surface area contributed by atoms with E-state index in [1.165, 1.54) is 6.92 Å². The molecule has 1 atom stereocenters. The van der Waals surface area contributed by atoms with Crippen molar-refractivity contribution in [2.24, 2.45) is 0 Å². The van der Waals surface area contributed by atoms with Gasteiger partial charge in [0.05, 0.1) is 0 Å². The van der Waals surface area contributed by atoms with Gasteiger partial charge in [-0.15, -0.1) is 0 Å². The van der Waals surface area contributed by atoms with Gasteiger partial charge in [-0.3, -0.25) is 9.59 Å². The van der Waals surface area contributed by atoms with Gasteiger partial charge in [0.2, 0.25) is 5.91 Å². The Bertz CT molecular complexity index is 502. The molecule has 1 fully saturated rings. The average molecular weight is 275 g/mol. The molecule has 2 N–H and O–H groups in total. The molecule has 1 aromatic rings. The maximum Gasteiger partial charge on any atom is 0.254 e. The van der Waals surface area contributed by atoms with Crippen molar-refractivity contribution in [3.8, 4) is 0 Å². The van der Waals surface area contributed by atoms with Gasteiger partial charge in [0.1, 0.15) is 0 Å². The van der Waals surface area contributed by atoms with Crippen LogP contribution < -0.4 is 10.6 Å². The van der Waals surface area contributed by atoms with Gasteiger partial charge < -0.3 is 15.5 Å². The number of carbonyl (C=O) groups excluding carboxylic acids is 2. The van der Waals surface area contributed by atoms with Gasteiger partial charge in [0.15, 0.2) is 0 Å². The van der Waals surface area contributed by atoms with E-state index in [-0.39, 0.29) is 17.9 Å². The molecule has 0 spiro atoms. The highest BCUT2D eigenvalue weighted by Gasteiger charge is 2.23. The lowest BCUT2D eigenvalue weighted by Gasteiger charge is -2.27. The van der Waals surface area contributed by atoms with Gasteiger partial charge >= 0.3 is 0 Å². The van der Waals surface area contributed by atoms with Crippen LogP contribution in [0.1, 0.15) is 30.6 Å². The van der Waals surface area contributed by atoms with Crippen LogP contribution in [0.2, 0.25) is 0 Å². The number of hydrogen-bond acceptors (Lipinski definition) is 3. The molecule has 0 aromatic heterocycles. The fourth-order valence-corrected chi connectivity index (χ4v) is 2.42. The standard InChI is InChI=1S/C15H21N3O2/c1-11-10-16-7-4-8-18(11)15(20)13-5-3-6-14(9-13)17-12(2)19/h3,5-6,9,11,16H,4,7-8,10H2,1-2H3,(H,17,19). The van der Waals surface area contributed by atoms with E-state index in [0.717, 1.165) is 26.1 Å². The van der Waals surface area contributed by atoms with E-state index >= 15 is 0 Å². The highest BCUT2D eigenvalue weighted by atomic mass is 16.2. The second-order valence-corrected chi connectivity index (χ2v) is 5.17. The Balaban J connectivity index is 2.17. The summed E-state index contributed by atoms with van der Waals surface area (Å²) in [5.41, 5.74) is 1.27. The summed E-state index contributed by atoms with van der Waals surface area (Å²) in [5.74, 6) is -0.115. The predicted octanol–water partition coefficient (Wildman–Crippen LogP) is 1.47. The van der Waals surface area contributed by atoms with E-state index in [0.29, 0.717) is 11.3 Å². The molecule has 1 aliphatic rings. The minimum Gasteiger partial charge on any atom is -0.335 e. The fourth-order valence-electron chi connectivity index (χ4n) is 2.42. The molecule has 1 saturated heterocycles. The maximum atomic E-state index is 12.6. The first-order valence-corrected chi connectivity index (χ1v) is 6.97. The lowest BCUT2D eigenvalue weighted by Crippen LogP contribution is -2.41. The normalized spacial score (nSPS) is 19.3. The van der Waals surface area contributed by atoms with Crippen LogP contribution in [0, 0.1) is 0 Å². The zero-order valence-electron chi connectivity index (χ0n) is 12.0. The van der Waals surface area contributed by atoms with Crippen LogP contribution in [0.25, 0.3) is 0 Å². The molecular formula is C15H21N3O2. The van der Waals surface area contributed by atoms with Crippen LogP contribution in [-0.2, 0) is 4.79 Å². The minimum absolute atomic E-state index is 0.0217. The summed E-state index contributed by atoms with van der Waals surface area (Å²) in [6, 6.07) is 7.27. The zero-order valence-corrected chi connectivity index (χ0v) is 12.0. The summed E-state index contributed by atoms with van der Waals surface area (Å²) in [4.78, 5) is 25.6. The van der Waals surface area contributed by atoms with E-state index < -0.39 is 0 Å². The molecule has 0 aliphatic carbocycles.